The molecule has 0 aromatic heterocycles. The molecule has 0 N–H and O–H groups in total. The van der Waals surface area contributed by atoms with Gasteiger partial charge in [-0.05, 0) is 31.6 Å². The second-order valence-electron chi connectivity index (χ2n) is 6.19. The van der Waals surface area contributed by atoms with Crippen LogP contribution in [0.25, 0.3) is 0 Å². The van der Waals surface area contributed by atoms with Crippen LogP contribution in [0.15, 0.2) is 28.4 Å². The van der Waals surface area contributed by atoms with E-state index >= 15 is 0 Å². The van der Waals surface area contributed by atoms with Crippen LogP contribution in [0.4, 0.5) is 8.78 Å². The van der Waals surface area contributed by atoms with Gasteiger partial charge in [-0.15, -0.1) is 0 Å². The van der Waals surface area contributed by atoms with Gasteiger partial charge in [0.25, 0.3) is 5.92 Å². The van der Waals surface area contributed by atoms with Crippen molar-refractivity contribution in [2.24, 2.45) is 10.9 Å². The quantitative estimate of drug-likeness (QED) is 0.465. The van der Waals surface area contributed by atoms with E-state index in [1.54, 1.807) is 6.08 Å². The third-order valence-corrected chi connectivity index (χ3v) is 4.11. The standard InChI is InChI=1S/C18H29F2N/c1-4-15(2)10-6-5-7-12-17-13-9-8-11-16(14-21-17)18(3,19)20/h11,13-15H,4-10,12H2,1-3H3/b16-11+,17-13-,21-14+. The van der Waals surface area contributed by atoms with E-state index in [1.807, 2.05) is 0 Å². The molecule has 1 atom stereocenters. The van der Waals surface area contributed by atoms with Crippen molar-refractivity contribution in [3.05, 3.63) is 23.4 Å². The molecular weight excluding hydrogens is 268 g/mol. The molecule has 0 amide bonds. The molecule has 0 radical (unpaired) electrons. The van der Waals surface area contributed by atoms with Crippen LogP contribution in [0, 0.1) is 5.92 Å². The molecule has 0 saturated carbocycles. The largest absolute Gasteiger partial charge is 0.271 e. The topological polar surface area (TPSA) is 12.4 Å². The lowest BCUT2D eigenvalue weighted by molar-refractivity contribution is 0.0703. The highest BCUT2D eigenvalue weighted by Crippen LogP contribution is 2.25. The maximum Gasteiger partial charge on any atom is 0.271 e. The van der Waals surface area contributed by atoms with Crippen LogP contribution in [0.3, 0.4) is 0 Å². The normalized spacial score (nSPS) is 24.2. The molecule has 0 bridgehead atoms. The summed E-state index contributed by atoms with van der Waals surface area (Å²) in [4.78, 5) is 4.27. The Morgan fingerprint density at radius 2 is 1.90 bits per heavy atom. The zero-order valence-electron chi connectivity index (χ0n) is 13.7. The Balaban J connectivity index is 2.37. The number of unbranched alkanes of at least 4 members (excludes halogenated alkanes) is 2. The van der Waals surface area contributed by atoms with Crippen molar-refractivity contribution in [1.82, 2.24) is 0 Å². The summed E-state index contributed by atoms with van der Waals surface area (Å²) in [5, 5.41) is 0. The average molecular weight is 297 g/mol. The van der Waals surface area contributed by atoms with E-state index in [-0.39, 0.29) is 5.57 Å². The van der Waals surface area contributed by atoms with Gasteiger partial charge in [-0.25, -0.2) is 8.78 Å². The second-order valence-corrected chi connectivity index (χ2v) is 6.19. The Bertz CT molecular complexity index is 389. The summed E-state index contributed by atoms with van der Waals surface area (Å²) in [5.74, 6) is -1.98. The maximum absolute atomic E-state index is 13.3. The second kappa shape index (κ2) is 9.11. The molecule has 1 nitrogen and oxygen atoms in total. The molecule has 0 fully saturated rings. The molecule has 1 heterocycles. The van der Waals surface area contributed by atoms with Crippen molar-refractivity contribution < 1.29 is 8.78 Å². The van der Waals surface area contributed by atoms with E-state index in [9.17, 15) is 8.78 Å². The molecular formula is C18H29F2N. The van der Waals surface area contributed by atoms with Gasteiger partial charge in [0.1, 0.15) is 0 Å². The minimum absolute atomic E-state index is 0.0462. The van der Waals surface area contributed by atoms with Gasteiger partial charge in [0.05, 0.1) is 0 Å². The minimum Gasteiger partial charge on any atom is -0.261 e. The van der Waals surface area contributed by atoms with Gasteiger partial charge in [0.2, 0.25) is 0 Å². The number of nitrogens with zero attached hydrogens (tertiary/aromatic N) is 1. The molecule has 0 aromatic carbocycles. The Morgan fingerprint density at radius 1 is 1.19 bits per heavy atom. The molecule has 0 spiro atoms. The van der Waals surface area contributed by atoms with E-state index in [0.717, 1.165) is 37.8 Å². The smallest absolute Gasteiger partial charge is 0.261 e. The first kappa shape index (κ1) is 18.1. The van der Waals surface area contributed by atoms with Crippen LogP contribution in [-0.4, -0.2) is 12.1 Å². The molecule has 1 aliphatic rings. The van der Waals surface area contributed by atoms with Gasteiger partial charge >= 0.3 is 0 Å². The van der Waals surface area contributed by atoms with Gasteiger partial charge in [0.15, 0.2) is 0 Å². The van der Waals surface area contributed by atoms with E-state index in [1.165, 1.54) is 31.9 Å². The third-order valence-electron chi connectivity index (χ3n) is 4.11. The first-order valence-electron chi connectivity index (χ1n) is 8.25. The Labute approximate surface area is 128 Å². The Morgan fingerprint density at radius 3 is 2.57 bits per heavy atom. The van der Waals surface area contributed by atoms with Crippen molar-refractivity contribution in [3.63, 3.8) is 0 Å². The lowest BCUT2D eigenvalue weighted by Gasteiger charge is -2.13. The van der Waals surface area contributed by atoms with Crippen LogP contribution < -0.4 is 0 Å². The van der Waals surface area contributed by atoms with Crippen LogP contribution in [0.2, 0.25) is 0 Å². The molecule has 21 heavy (non-hydrogen) atoms. The molecule has 1 aliphatic heterocycles. The fraction of sp³-hybridized carbons (Fsp3) is 0.722. The third kappa shape index (κ3) is 7.54. The summed E-state index contributed by atoms with van der Waals surface area (Å²) in [5.41, 5.74) is 1.01. The summed E-state index contributed by atoms with van der Waals surface area (Å²) in [6.45, 7) is 5.46. The fourth-order valence-electron chi connectivity index (χ4n) is 2.39. The van der Waals surface area contributed by atoms with Gasteiger partial charge in [-0.3, -0.25) is 4.99 Å². The van der Waals surface area contributed by atoms with E-state index in [4.69, 9.17) is 0 Å². The van der Waals surface area contributed by atoms with Gasteiger partial charge in [-0.2, -0.15) is 0 Å². The minimum atomic E-state index is -2.79. The number of aliphatic imine (C=N–C) groups is 1. The highest BCUT2D eigenvalue weighted by molar-refractivity contribution is 5.81. The Hall–Kier alpha value is -0.990. The highest BCUT2D eigenvalue weighted by atomic mass is 19.3. The number of hydrogen-bond acceptors (Lipinski definition) is 1. The Kier molecular flexibility index (Phi) is 7.84. The summed E-state index contributed by atoms with van der Waals surface area (Å²) >= 11 is 0. The zero-order chi connectivity index (χ0) is 15.7. The van der Waals surface area contributed by atoms with E-state index in [0.29, 0.717) is 6.42 Å². The summed E-state index contributed by atoms with van der Waals surface area (Å²) in [6.07, 6.45) is 13.5. The van der Waals surface area contributed by atoms with Crippen molar-refractivity contribution in [2.45, 2.75) is 78.1 Å². The summed E-state index contributed by atoms with van der Waals surface area (Å²) in [7, 11) is 0. The number of halogens is 2. The van der Waals surface area contributed by atoms with E-state index < -0.39 is 5.92 Å². The van der Waals surface area contributed by atoms with Crippen molar-refractivity contribution in [2.75, 3.05) is 0 Å². The van der Waals surface area contributed by atoms with Gasteiger partial charge in [0, 0.05) is 24.4 Å². The fourth-order valence-corrected chi connectivity index (χ4v) is 2.39. The number of allylic oxidation sites excluding steroid dienone is 4. The first-order chi connectivity index (χ1) is 9.93. The van der Waals surface area contributed by atoms with Crippen molar-refractivity contribution in [3.8, 4) is 0 Å². The molecule has 0 aliphatic carbocycles. The van der Waals surface area contributed by atoms with Crippen molar-refractivity contribution in [1.29, 1.82) is 0 Å². The predicted molar refractivity (Wildman–Crippen MR) is 87.1 cm³/mol. The SMILES string of the molecule is CCC(C)CCCCCC1=C\CC\C=C(C(C)(F)F)/C=N/1. The highest BCUT2D eigenvalue weighted by Gasteiger charge is 2.25. The lowest BCUT2D eigenvalue weighted by atomic mass is 10.00. The molecule has 0 aromatic rings. The van der Waals surface area contributed by atoms with Gasteiger partial charge < -0.3 is 0 Å². The molecule has 3 heteroatoms. The molecule has 0 saturated heterocycles. The molecule has 1 rings (SSSR count). The number of hydrogen-bond donors (Lipinski definition) is 0. The zero-order valence-corrected chi connectivity index (χ0v) is 13.7. The maximum atomic E-state index is 13.3. The molecule has 1 unspecified atom stereocenters. The van der Waals surface area contributed by atoms with Crippen LogP contribution >= 0.6 is 0 Å². The number of alkyl halides is 2. The van der Waals surface area contributed by atoms with E-state index in [2.05, 4.69) is 24.9 Å². The number of rotatable bonds is 8. The lowest BCUT2D eigenvalue weighted by Crippen LogP contribution is -2.15. The van der Waals surface area contributed by atoms with Crippen LogP contribution in [-0.2, 0) is 0 Å². The van der Waals surface area contributed by atoms with Crippen LogP contribution in [0.5, 0.6) is 0 Å². The predicted octanol–water partition coefficient (Wildman–Crippen LogP) is 6.31. The summed E-state index contributed by atoms with van der Waals surface area (Å²) in [6, 6.07) is 0. The monoisotopic (exact) mass is 297 g/mol. The summed E-state index contributed by atoms with van der Waals surface area (Å²) < 4.78 is 26.7. The first-order valence-corrected chi connectivity index (χ1v) is 8.25. The van der Waals surface area contributed by atoms with Gasteiger partial charge in [-0.1, -0.05) is 51.7 Å². The van der Waals surface area contributed by atoms with Crippen molar-refractivity contribution >= 4 is 6.21 Å². The molecule has 120 valence electrons. The average Bonchev–Trinajstić information content (AvgIpc) is 2.38. The van der Waals surface area contributed by atoms with Crippen LogP contribution in [0.1, 0.15) is 72.1 Å².